The minimum Gasteiger partial charge on any atom is -0.381 e. The first-order valence-electron chi connectivity index (χ1n) is 12.6. The molecule has 3 heterocycles. The van der Waals surface area contributed by atoms with Crippen molar-refractivity contribution in [2.75, 3.05) is 45.9 Å². The highest BCUT2D eigenvalue weighted by molar-refractivity contribution is 5.94. The van der Waals surface area contributed by atoms with Crippen molar-refractivity contribution in [3.8, 4) is 0 Å². The molecule has 3 aliphatic heterocycles. The summed E-state index contributed by atoms with van der Waals surface area (Å²) >= 11 is 0. The summed E-state index contributed by atoms with van der Waals surface area (Å²) in [5.74, 6) is 1.30. The standard InChI is InChI=1S/C28H35N3O3/c1-20-7-9-22(10-8-20)28(33)31-17-24-15-30(16-25(24)18-31)13-11-26(21-5-3-2-4-6-21)29-27(32)23-12-14-34-19-23/h2-10,23-26H,11-19H2,1H3,(H,29,32)/t23?,24-,25?,26?/m0/s1. The van der Waals surface area contributed by atoms with E-state index in [1.807, 2.05) is 54.3 Å². The zero-order valence-corrected chi connectivity index (χ0v) is 20.0. The van der Waals surface area contributed by atoms with Crippen molar-refractivity contribution in [3.05, 3.63) is 71.3 Å². The third-order valence-electron chi connectivity index (χ3n) is 7.70. The topological polar surface area (TPSA) is 61.9 Å². The molecule has 0 spiro atoms. The quantitative estimate of drug-likeness (QED) is 0.688. The Balaban J connectivity index is 1.15. The summed E-state index contributed by atoms with van der Waals surface area (Å²) in [6.07, 6.45) is 1.69. The third-order valence-corrected chi connectivity index (χ3v) is 7.70. The second kappa shape index (κ2) is 10.3. The number of hydrogen-bond donors (Lipinski definition) is 1. The number of fused-ring (bicyclic) bond motifs is 1. The van der Waals surface area contributed by atoms with Crippen LogP contribution < -0.4 is 5.32 Å². The van der Waals surface area contributed by atoms with E-state index in [2.05, 4.69) is 22.3 Å². The summed E-state index contributed by atoms with van der Waals surface area (Å²) in [4.78, 5) is 30.2. The number of rotatable bonds is 7. The van der Waals surface area contributed by atoms with Crippen LogP contribution in [0, 0.1) is 24.7 Å². The highest BCUT2D eigenvalue weighted by Crippen LogP contribution is 2.32. The lowest BCUT2D eigenvalue weighted by molar-refractivity contribution is -0.125. The maximum atomic E-state index is 12.9. The molecule has 34 heavy (non-hydrogen) atoms. The summed E-state index contributed by atoms with van der Waals surface area (Å²) in [6, 6.07) is 18.2. The van der Waals surface area contributed by atoms with Gasteiger partial charge >= 0.3 is 0 Å². The molecular formula is C28H35N3O3. The molecule has 0 bridgehead atoms. The molecule has 0 radical (unpaired) electrons. The zero-order chi connectivity index (χ0) is 23.5. The Morgan fingerprint density at radius 3 is 2.35 bits per heavy atom. The van der Waals surface area contributed by atoms with Gasteiger partial charge in [-0.05, 0) is 49.3 Å². The average Bonchev–Trinajstić information content (AvgIpc) is 3.59. The molecule has 180 valence electrons. The van der Waals surface area contributed by atoms with Crippen molar-refractivity contribution in [2.45, 2.75) is 25.8 Å². The number of hydrogen-bond acceptors (Lipinski definition) is 4. The lowest BCUT2D eigenvalue weighted by atomic mass is 10.0. The molecule has 3 saturated heterocycles. The Kier molecular flexibility index (Phi) is 6.97. The Morgan fingerprint density at radius 2 is 1.71 bits per heavy atom. The number of nitrogens with one attached hydrogen (secondary N) is 1. The Labute approximate surface area is 202 Å². The maximum Gasteiger partial charge on any atom is 0.253 e. The van der Waals surface area contributed by atoms with Gasteiger partial charge < -0.3 is 19.9 Å². The number of benzene rings is 2. The second-order valence-corrected chi connectivity index (χ2v) is 10.2. The van der Waals surface area contributed by atoms with Crippen LogP contribution in [0.15, 0.2) is 54.6 Å². The summed E-state index contributed by atoms with van der Waals surface area (Å²) in [5, 5.41) is 3.30. The van der Waals surface area contributed by atoms with Crippen LogP contribution in [0.4, 0.5) is 0 Å². The van der Waals surface area contributed by atoms with Crippen LogP contribution in [0.3, 0.4) is 0 Å². The molecule has 0 saturated carbocycles. The molecule has 5 rings (SSSR count). The fraction of sp³-hybridized carbons (Fsp3) is 0.500. The SMILES string of the molecule is Cc1ccc(C(=O)N2CC3CN(CCC(NC(=O)C4CCOC4)c4ccccc4)C[C@H]3C2)cc1. The first-order chi connectivity index (χ1) is 16.6. The van der Waals surface area contributed by atoms with Crippen LogP contribution in [0.25, 0.3) is 0 Å². The van der Waals surface area contributed by atoms with Gasteiger partial charge in [-0.25, -0.2) is 0 Å². The lowest BCUT2D eigenvalue weighted by Gasteiger charge is -2.25. The van der Waals surface area contributed by atoms with Gasteiger partial charge in [-0.2, -0.15) is 0 Å². The van der Waals surface area contributed by atoms with Crippen LogP contribution in [0.5, 0.6) is 0 Å². The van der Waals surface area contributed by atoms with Crippen LogP contribution in [0.1, 0.15) is 40.4 Å². The van der Waals surface area contributed by atoms with Crippen LogP contribution in [-0.2, 0) is 9.53 Å². The Bertz CT molecular complexity index is 974. The lowest BCUT2D eigenvalue weighted by Crippen LogP contribution is -2.37. The van der Waals surface area contributed by atoms with Gasteiger partial charge in [0.05, 0.1) is 18.6 Å². The minimum absolute atomic E-state index is 0.00866. The van der Waals surface area contributed by atoms with Gasteiger partial charge in [-0.1, -0.05) is 48.0 Å². The number of amides is 2. The molecular weight excluding hydrogens is 426 g/mol. The van der Waals surface area contributed by atoms with E-state index >= 15 is 0 Å². The molecule has 3 aliphatic rings. The first kappa shape index (κ1) is 23.1. The number of ether oxygens (including phenoxy) is 1. The number of likely N-dealkylation sites (tertiary alicyclic amines) is 2. The number of carbonyl (C=O) groups is 2. The van der Waals surface area contributed by atoms with E-state index in [4.69, 9.17) is 4.74 Å². The van der Waals surface area contributed by atoms with Crippen molar-refractivity contribution >= 4 is 11.8 Å². The van der Waals surface area contributed by atoms with Crippen molar-refractivity contribution < 1.29 is 14.3 Å². The fourth-order valence-electron chi connectivity index (χ4n) is 5.67. The summed E-state index contributed by atoms with van der Waals surface area (Å²) in [5.41, 5.74) is 3.12. The molecule has 2 amide bonds. The highest BCUT2D eigenvalue weighted by atomic mass is 16.5. The fourth-order valence-corrected chi connectivity index (χ4v) is 5.67. The molecule has 0 aliphatic carbocycles. The van der Waals surface area contributed by atoms with Gasteiger partial charge in [-0.15, -0.1) is 0 Å². The Hall–Kier alpha value is -2.70. The first-order valence-corrected chi connectivity index (χ1v) is 12.6. The predicted molar refractivity (Wildman–Crippen MR) is 131 cm³/mol. The molecule has 2 aromatic rings. The summed E-state index contributed by atoms with van der Waals surface area (Å²) in [7, 11) is 0. The van der Waals surface area contributed by atoms with E-state index in [0.717, 1.165) is 56.7 Å². The van der Waals surface area contributed by atoms with Crippen LogP contribution in [0.2, 0.25) is 0 Å². The third kappa shape index (κ3) is 5.18. The normalized spacial score (nSPS) is 25.3. The van der Waals surface area contributed by atoms with E-state index in [0.29, 0.717) is 25.0 Å². The number of aryl methyl sites for hydroxylation is 1. The summed E-state index contributed by atoms with van der Waals surface area (Å²) < 4.78 is 5.41. The molecule has 3 unspecified atom stereocenters. The highest BCUT2D eigenvalue weighted by Gasteiger charge is 2.41. The van der Waals surface area contributed by atoms with Crippen molar-refractivity contribution in [1.29, 1.82) is 0 Å². The van der Waals surface area contributed by atoms with E-state index in [9.17, 15) is 9.59 Å². The molecule has 1 N–H and O–H groups in total. The average molecular weight is 462 g/mol. The molecule has 3 fully saturated rings. The largest absolute Gasteiger partial charge is 0.381 e. The van der Waals surface area contributed by atoms with Gasteiger partial charge in [0.2, 0.25) is 5.91 Å². The van der Waals surface area contributed by atoms with Crippen molar-refractivity contribution in [1.82, 2.24) is 15.1 Å². The van der Waals surface area contributed by atoms with Gasteiger partial charge in [0.25, 0.3) is 5.91 Å². The molecule has 4 atom stereocenters. The monoisotopic (exact) mass is 461 g/mol. The molecule has 0 aromatic heterocycles. The Morgan fingerprint density at radius 1 is 1.00 bits per heavy atom. The molecule has 6 heteroatoms. The zero-order valence-electron chi connectivity index (χ0n) is 20.0. The number of nitrogens with zero attached hydrogens (tertiary/aromatic N) is 2. The van der Waals surface area contributed by atoms with E-state index in [1.165, 1.54) is 5.56 Å². The minimum atomic E-state index is -0.0330. The van der Waals surface area contributed by atoms with Crippen molar-refractivity contribution in [3.63, 3.8) is 0 Å². The van der Waals surface area contributed by atoms with Gasteiger partial charge in [0.15, 0.2) is 0 Å². The van der Waals surface area contributed by atoms with E-state index < -0.39 is 0 Å². The van der Waals surface area contributed by atoms with Crippen LogP contribution >= 0.6 is 0 Å². The predicted octanol–water partition coefficient (Wildman–Crippen LogP) is 3.28. The second-order valence-electron chi connectivity index (χ2n) is 10.2. The summed E-state index contributed by atoms with van der Waals surface area (Å²) in [6.45, 7) is 7.92. The molecule has 6 nitrogen and oxygen atoms in total. The van der Waals surface area contributed by atoms with E-state index in [-0.39, 0.29) is 23.8 Å². The van der Waals surface area contributed by atoms with E-state index in [1.54, 1.807) is 0 Å². The van der Waals surface area contributed by atoms with Crippen LogP contribution in [-0.4, -0.2) is 67.6 Å². The smallest absolute Gasteiger partial charge is 0.253 e. The molecule has 2 aromatic carbocycles. The van der Waals surface area contributed by atoms with Gasteiger partial charge in [0.1, 0.15) is 0 Å². The van der Waals surface area contributed by atoms with Gasteiger partial charge in [-0.3, -0.25) is 9.59 Å². The maximum absolute atomic E-state index is 12.9. The van der Waals surface area contributed by atoms with Crippen molar-refractivity contribution in [2.24, 2.45) is 17.8 Å². The number of carbonyl (C=O) groups excluding carboxylic acids is 2. The van der Waals surface area contributed by atoms with Gasteiger partial charge in [0, 0.05) is 44.9 Å².